The summed E-state index contributed by atoms with van der Waals surface area (Å²) in [4.78, 5) is 21.7. The first-order valence-corrected chi connectivity index (χ1v) is 12.1. The molecular formula is C26H27N3O3S. The molecule has 2 aromatic carbocycles. The van der Waals surface area contributed by atoms with E-state index < -0.39 is 0 Å². The van der Waals surface area contributed by atoms with Crippen molar-refractivity contribution >= 4 is 23.3 Å². The number of methoxy groups -OCH3 is 1. The molecule has 0 radical (unpaired) electrons. The molecule has 0 unspecified atom stereocenters. The van der Waals surface area contributed by atoms with Crippen LogP contribution in [0.2, 0.25) is 0 Å². The van der Waals surface area contributed by atoms with E-state index in [4.69, 9.17) is 14.5 Å². The van der Waals surface area contributed by atoms with Gasteiger partial charge in [-0.2, -0.15) is 0 Å². The van der Waals surface area contributed by atoms with Crippen LogP contribution in [-0.2, 0) is 17.8 Å². The van der Waals surface area contributed by atoms with Crippen LogP contribution in [0.3, 0.4) is 0 Å². The second kappa shape index (κ2) is 9.77. The van der Waals surface area contributed by atoms with Crippen LogP contribution in [0.15, 0.2) is 53.9 Å². The van der Waals surface area contributed by atoms with E-state index in [2.05, 4.69) is 16.3 Å². The Labute approximate surface area is 198 Å². The number of nitrogens with zero attached hydrogens (tertiary/aromatic N) is 3. The molecule has 2 aliphatic heterocycles. The molecule has 170 valence electrons. The highest BCUT2D eigenvalue weighted by Gasteiger charge is 2.20. The van der Waals surface area contributed by atoms with Crippen molar-refractivity contribution in [3.63, 3.8) is 0 Å². The summed E-state index contributed by atoms with van der Waals surface area (Å²) in [6.45, 7) is 4.72. The van der Waals surface area contributed by atoms with Gasteiger partial charge in [0.15, 0.2) is 0 Å². The molecule has 0 atom stereocenters. The molecular weight excluding hydrogens is 434 g/mol. The van der Waals surface area contributed by atoms with E-state index in [0.717, 1.165) is 79.1 Å². The molecule has 3 heterocycles. The molecule has 0 saturated carbocycles. The van der Waals surface area contributed by atoms with Crippen molar-refractivity contribution < 1.29 is 14.3 Å². The van der Waals surface area contributed by atoms with Crippen LogP contribution in [0, 0.1) is 0 Å². The highest BCUT2D eigenvalue weighted by atomic mass is 32.1. The number of aromatic nitrogens is 1. The van der Waals surface area contributed by atoms with Crippen molar-refractivity contribution in [2.24, 2.45) is 0 Å². The van der Waals surface area contributed by atoms with Crippen LogP contribution in [0.4, 0.5) is 0 Å². The zero-order chi connectivity index (χ0) is 22.6. The maximum absolute atomic E-state index is 12.7. The summed E-state index contributed by atoms with van der Waals surface area (Å²) in [6.07, 6.45) is 4.53. The lowest BCUT2D eigenvalue weighted by Crippen LogP contribution is -2.47. The predicted molar refractivity (Wildman–Crippen MR) is 131 cm³/mol. The number of carbonyl (C=O) groups is 1. The molecule has 33 heavy (non-hydrogen) atoms. The van der Waals surface area contributed by atoms with Crippen molar-refractivity contribution in [3.05, 3.63) is 70.7 Å². The topological polar surface area (TPSA) is 54.9 Å². The van der Waals surface area contributed by atoms with Gasteiger partial charge in [-0.15, -0.1) is 11.3 Å². The minimum atomic E-state index is 0.0712. The van der Waals surface area contributed by atoms with Crippen LogP contribution in [0.1, 0.15) is 16.8 Å². The molecule has 0 N–H and O–H groups in total. The van der Waals surface area contributed by atoms with Crippen molar-refractivity contribution in [3.8, 4) is 22.1 Å². The van der Waals surface area contributed by atoms with Gasteiger partial charge in [0.05, 0.1) is 19.4 Å². The molecule has 1 aromatic heterocycles. The fraction of sp³-hybridized carbons (Fsp3) is 0.308. The third-order valence-corrected chi connectivity index (χ3v) is 7.03. The van der Waals surface area contributed by atoms with Gasteiger partial charge in [0.2, 0.25) is 5.91 Å². The van der Waals surface area contributed by atoms with Crippen LogP contribution >= 0.6 is 11.3 Å². The van der Waals surface area contributed by atoms with Gasteiger partial charge < -0.3 is 14.4 Å². The van der Waals surface area contributed by atoms with Crippen molar-refractivity contribution in [1.29, 1.82) is 0 Å². The van der Waals surface area contributed by atoms with Gasteiger partial charge in [0.25, 0.3) is 0 Å². The number of hydrogen-bond acceptors (Lipinski definition) is 6. The SMILES string of the molecule is COc1ccc(-c2nc(CN3CCN(C(=O)/C=C/c4ccc5c(c4)CCO5)CC3)cs2)cc1. The lowest BCUT2D eigenvalue weighted by molar-refractivity contribution is -0.127. The summed E-state index contributed by atoms with van der Waals surface area (Å²) in [7, 11) is 1.67. The standard InChI is InChI=1S/C26H27N3O3S/c1-31-23-6-4-20(5-7-23)26-27-22(18-33-26)17-28-11-13-29(14-12-28)25(30)9-3-19-2-8-24-21(16-19)10-15-32-24/h2-9,16,18H,10-15,17H2,1H3/b9-3+. The highest BCUT2D eigenvalue weighted by molar-refractivity contribution is 7.13. The Balaban J connectivity index is 1.12. The van der Waals surface area contributed by atoms with E-state index in [1.807, 2.05) is 47.4 Å². The average molecular weight is 462 g/mol. The van der Waals surface area contributed by atoms with Crippen LogP contribution in [-0.4, -0.2) is 60.6 Å². The Morgan fingerprint density at radius 1 is 1.15 bits per heavy atom. The Morgan fingerprint density at radius 3 is 2.76 bits per heavy atom. The quantitative estimate of drug-likeness (QED) is 0.517. The monoisotopic (exact) mass is 461 g/mol. The minimum Gasteiger partial charge on any atom is -0.497 e. The summed E-state index contributed by atoms with van der Waals surface area (Å²) in [5, 5.41) is 3.14. The number of rotatable bonds is 6. The fourth-order valence-corrected chi connectivity index (χ4v) is 5.00. The highest BCUT2D eigenvalue weighted by Crippen LogP contribution is 2.27. The minimum absolute atomic E-state index is 0.0712. The van der Waals surface area contributed by atoms with E-state index in [-0.39, 0.29) is 5.91 Å². The van der Waals surface area contributed by atoms with Gasteiger partial charge in [-0.3, -0.25) is 9.69 Å². The lowest BCUT2D eigenvalue weighted by Gasteiger charge is -2.33. The molecule has 5 rings (SSSR count). The maximum Gasteiger partial charge on any atom is 0.246 e. The largest absolute Gasteiger partial charge is 0.497 e. The van der Waals surface area contributed by atoms with Gasteiger partial charge in [-0.1, -0.05) is 6.07 Å². The molecule has 7 heteroatoms. The van der Waals surface area contributed by atoms with Gasteiger partial charge in [0, 0.05) is 56.2 Å². The Hall–Kier alpha value is -3.16. The van der Waals surface area contributed by atoms with Gasteiger partial charge in [-0.25, -0.2) is 4.98 Å². The van der Waals surface area contributed by atoms with Crippen LogP contribution < -0.4 is 9.47 Å². The van der Waals surface area contributed by atoms with Gasteiger partial charge in [0.1, 0.15) is 16.5 Å². The van der Waals surface area contributed by atoms with Crippen molar-refractivity contribution in [2.45, 2.75) is 13.0 Å². The van der Waals surface area contributed by atoms with E-state index >= 15 is 0 Å². The smallest absolute Gasteiger partial charge is 0.246 e. The van der Waals surface area contributed by atoms with Crippen LogP contribution in [0.5, 0.6) is 11.5 Å². The molecule has 1 fully saturated rings. The molecule has 0 spiro atoms. The van der Waals surface area contributed by atoms with Gasteiger partial charge >= 0.3 is 0 Å². The third-order valence-electron chi connectivity index (χ3n) is 6.09. The number of carbonyl (C=O) groups excluding carboxylic acids is 1. The average Bonchev–Trinajstić information content (AvgIpc) is 3.52. The first-order valence-electron chi connectivity index (χ1n) is 11.2. The summed E-state index contributed by atoms with van der Waals surface area (Å²) in [6, 6.07) is 14.1. The number of fused-ring (bicyclic) bond motifs is 1. The third kappa shape index (κ3) is 5.10. The maximum atomic E-state index is 12.7. The Morgan fingerprint density at radius 2 is 1.97 bits per heavy atom. The first kappa shape index (κ1) is 21.7. The molecule has 3 aromatic rings. The summed E-state index contributed by atoms with van der Waals surface area (Å²) >= 11 is 1.66. The van der Waals surface area contributed by atoms with E-state index in [9.17, 15) is 4.79 Å². The Kier molecular flexibility index (Phi) is 6.41. The van der Waals surface area contributed by atoms with E-state index in [1.54, 1.807) is 24.5 Å². The molecule has 0 bridgehead atoms. The predicted octanol–water partition coefficient (Wildman–Crippen LogP) is 4.11. The number of thiazole rings is 1. The van der Waals surface area contributed by atoms with E-state index in [0.29, 0.717) is 0 Å². The van der Waals surface area contributed by atoms with Crippen LogP contribution in [0.25, 0.3) is 16.6 Å². The summed E-state index contributed by atoms with van der Waals surface area (Å²) in [5.41, 5.74) is 4.44. The first-order chi connectivity index (χ1) is 16.2. The van der Waals surface area contributed by atoms with E-state index in [1.165, 1.54) is 5.56 Å². The Bertz CT molecular complexity index is 1150. The normalized spacial score (nSPS) is 16.1. The number of piperazine rings is 1. The van der Waals surface area contributed by atoms with Crippen molar-refractivity contribution in [2.75, 3.05) is 39.9 Å². The fourth-order valence-electron chi connectivity index (χ4n) is 4.18. The second-order valence-corrected chi connectivity index (χ2v) is 9.13. The number of hydrogen-bond donors (Lipinski definition) is 0. The number of benzene rings is 2. The lowest BCUT2D eigenvalue weighted by atomic mass is 10.1. The molecule has 6 nitrogen and oxygen atoms in total. The number of ether oxygens (including phenoxy) is 2. The summed E-state index contributed by atoms with van der Waals surface area (Å²) < 4.78 is 10.8. The molecule has 1 amide bonds. The van der Waals surface area contributed by atoms with Crippen molar-refractivity contribution in [1.82, 2.24) is 14.8 Å². The number of amides is 1. The summed E-state index contributed by atoms with van der Waals surface area (Å²) in [5.74, 6) is 1.88. The molecule has 0 aliphatic carbocycles. The molecule has 2 aliphatic rings. The molecule has 1 saturated heterocycles. The zero-order valence-electron chi connectivity index (χ0n) is 18.7. The second-order valence-electron chi connectivity index (χ2n) is 8.27. The van der Waals surface area contributed by atoms with Gasteiger partial charge in [-0.05, 0) is 53.6 Å². The zero-order valence-corrected chi connectivity index (χ0v) is 19.5.